The molecule has 0 saturated carbocycles. The smallest absolute Gasteiger partial charge is 0.119 e. The molecule has 6 nitrogen and oxygen atoms in total. The Morgan fingerprint density at radius 3 is 2.36 bits per heavy atom. The maximum atomic E-state index is 10.3. The fourth-order valence-corrected chi connectivity index (χ4v) is 3.56. The minimum atomic E-state index is -1.42. The summed E-state index contributed by atoms with van der Waals surface area (Å²) in [5, 5.41) is 40.3. The maximum absolute atomic E-state index is 10.3. The van der Waals surface area contributed by atoms with E-state index in [0.717, 1.165) is 16.9 Å². The zero-order valence-electron chi connectivity index (χ0n) is 15.5. The van der Waals surface area contributed by atoms with Crippen molar-refractivity contribution < 1.29 is 29.9 Å². The van der Waals surface area contributed by atoms with Gasteiger partial charge in [0.2, 0.25) is 0 Å². The van der Waals surface area contributed by atoms with Crippen LogP contribution in [0.2, 0.25) is 5.02 Å². The van der Waals surface area contributed by atoms with Gasteiger partial charge in [-0.15, -0.1) is 0 Å². The molecule has 1 saturated heterocycles. The van der Waals surface area contributed by atoms with Crippen molar-refractivity contribution in [2.45, 2.75) is 43.9 Å². The van der Waals surface area contributed by atoms with Crippen LogP contribution in [-0.4, -0.2) is 58.1 Å². The Bertz CT molecular complexity index is 779. The number of rotatable bonds is 6. The lowest BCUT2D eigenvalue weighted by Crippen LogP contribution is -2.55. The molecule has 4 N–H and O–H groups in total. The minimum absolute atomic E-state index is 0.464. The quantitative estimate of drug-likeness (QED) is 0.582. The lowest BCUT2D eigenvalue weighted by molar-refractivity contribution is -0.231. The van der Waals surface area contributed by atoms with Crippen molar-refractivity contribution in [3.63, 3.8) is 0 Å². The largest absolute Gasteiger partial charge is 0.494 e. The van der Waals surface area contributed by atoms with Gasteiger partial charge in [0.15, 0.2) is 0 Å². The number of aliphatic hydroxyl groups excluding tert-OH is 4. The third kappa shape index (κ3) is 4.49. The Balaban J connectivity index is 1.82. The van der Waals surface area contributed by atoms with Gasteiger partial charge in [0, 0.05) is 5.02 Å². The fourth-order valence-electron chi connectivity index (χ4n) is 3.37. The van der Waals surface area contributed by atoms with E-state index in [1.54, 1.807) is 12.1 Å². The normalized spacial score (nSPS) is 27.6. The monoisotopic (exact) mass is 408 g/mol. The number of hydrogen-bond donors (Lipinski definition) is 4. The Morgan fingerprint density at radius 1 is 1.00 bits per heavy atom. The summed E-state index contributed by atoms with van der Waals surface area (Å²) in [5.41, 5.74) is 2.49. The summed E-state index contributed by atoms with van der Waals surface area (Å²) in [6.45, 7) is 2.07. The summed E-state index contributed by atoms with van der Waals surface area (Å²) in [4.78, 5) is 0. The third-order valence-electron chi connectivity index (χ3n) is 4.92. The standard InChI is InChI=1S/C21H25ClO6/c1-2-27-15-6-3-12(4-7-15)9-14-10-13(5-8-16(14)22)21-20(26)19(25)18(24)17(11-23)28-21/h3-8,10,17-21,23-26H,2,9,11H2,1H3/t17-,18-,19+,20+,21+/m1/s1. The summed E-state index contributed by atoms with van der Waals surface area (Å²) < 4.78 is 11.1. The molecule has 5 atom stereocenters. The second-order valence-corrected chi connectivity index (χ2v) is 7.26. The van der Waals surface area contributed by atoms with Crippen molar-refractivity contribution in [3.8, 4) is 5.75 Å². The molecule has 0 radical (unpaired) electrons. The van der Waals surface area contributed by atoms with Gasteiger partial charge >= 0.3 is 0 Å². The van der Waals surface area contributed by atoms with Gasteiger partial charge < -0.3 is 29.9 Å². The lowest BCUT2D eigenvalue weighted by atomic mass is 9.90. The van der Waals surface area contributed by atoms with Crippen LogP contribution in [0, 0.1) is 0 Å². The second-order valence-electron chi connectivity index (χ2n) is 6.85. The Kier molecular flexibility index (Phi) is 6.93. The van der Waals surface area contributed by atoms with E-state index >= 15 is 0 Å². The molecule has 1 fully saturated rings. The van der Waals surface area contributed by atoms with Gasteiger partial charge in [-0.05, 0) is 48.2 Å². The van der Waals surface area contributed by atoms with Crippen molar-refractivity contribution in [2.75, 3.05) is 13.2 Å². The van der Waals surface area contributed by atoms with Gasteiger partial charge in [0.05, 0.1) is 13.2 Å². The molecule has 28 heavy (non-hydrogen) atoms. The summed E-state index contributed by atoms with van der Waals surface area (Å²) >= 11 is 6.35. The van der Waals surface area contributed by atoms with Crippen molar-refractivity contribution in [1.82, 2.24) is 0 Å². The van der Waals surface area contributed by atoms with Crippen LogP contribution < -0.4 is 4.74 Å². The van der Waals surface area contributed by atoms with Crippen LogP contribution in [0.4, 0.5) is 0 Å². The van der Waals surface area contributed by atoms with E-state index in [4.69, 9.17) is 21.1 Å². The fraction of sp³-hybridized carbons (Fsp3) is 0.429. The van der Waals surface area contributed by atoms with Gasteiger partial charge in [-0.3, -0.25) is 0 Å². The van der Waals surface area contributed by atoms with E-state index in [9.17, 15) is 20.4 Å². The average Bonchev–Trinajstić information content (AvgIpc) is 2.70. The molecule has 2 aromatic carbocycles. The minimum Gasteiger partial charge on any atom is -0.494 e. The molecule has 1 heterocycles. The van der Waals surface area contributed by atoms with Crippen LogP contribution in [0.1, 0.15) is 29.7 Å². The van der Waals surface area contributed by atoms with E-state index in [0.29, 0.717) is 23.6 Å². The van der Waals surface area contributed by atoms with E-state index in [1.807, 2.05) is 37.3 Å². The predicted molar refractivity (Wildman–Crippen MR) is 105 cm³/mol. The van der Waals surface area contributed by atoms with Crippen molar-refractivity contribution in [1.29, 1.82) is 0 Å². The zero-order valence-corrected chi connectivity index (χ0v) is 16.3. The highest BCUT2D eigenvalue weighted by molar-refractivity contribution is 6.31. The number of ether oxygens (including phenoxy) is 2. The van der Waals surface area contributed by atoms with Crippen LogP contribution in [0.5, 0.6) is 5.75 Å². The number of hydrogen-bond acceptors (Lipinski definition) is 6. The topological polar surface area (TPSA) is 99.4 Å². The summed E-state index contributed by atoms with van der Waals surface area (Å²) in [6, 6.07) is 12.9. The van der Waals surface area contributed by atoms with Crippen molar-refractivity contribution >= 4 is 11.6 Å². The Hall–Kier alpha value is -1.67. The van der Waals surface area contributed by atoms with Crippen LogP contribution in [0.3, 0.4) is 0 Å². The molecule has 0 bridgehead atoms. The molecule has 0 unspecified atom stereocenters. The first-order valence-corrected chi connectivity index (χ1v) is 9.63. The highest BCUT2D eigenvalue weighted by Crippen LogP contribution is 2.34. The third-order valence-corrected chi connectivity index (χ3v) is 5.29. The summed E-state index contributed by atoms with van der Waals surface area (Å²) in [6.07, 6.45) is -5.39. The number of aliphatic hydroxyl groups is 4. The van der Waals surface area contributed by atoms with E-state index < -0.39 is 37.1 Å². The molecule has 0 amide bonds. The van der Waals surface area contributed by atoms with Gasteiger partial charge in [0.1, 0.15) is 36.3 Å². The SMILES string of the molecule is CCOc1ccc(Cc2cc([C@@H]3O[C@H](CO)[C@@H](O)[C@H](O)[C@@H]3O)ccc2Cl)cc1. The molecule has 0 aliphatic carbocycles. The Labute approximate surface area is 168 Å². The first-order chi connectivity index (χ1) is 13.4. The molecule has 1 aliphatic heterocycles. The highest BCUT2D eigenvalue weighted by atomic mass is 35.5. The molecular weight excluding hydrogens is 384 g/mol. The molecular formula is C21H25ClO6. The van der Waals surface area contributed by atoms with Gasteiger partial charge in [-0.25, -0.2) is 0 Å². The average molecular weight is 409 g/mol. The first-order valence-electron chi connectivity index (χ1n) is 9.25. The van der Waals surface area contributed by atoms with Crippen LogP contribution in [0.25, 0.3) is 0 Å². The van der Waals surface area contributed by atoms with E-state index in [1.165, 1.54) is 0 Å². The molecule has 0 aromatic heterocycles. The second kappa shape index (κ2) is 9.22. The van der Waals surface area contributed by atoms with Crippen molar-refractivity contribution in [3.05, 3.63) is 64.2 Å². The number of benzene rings is 2. The molecule has 1 aliphatic rings. The molecule has 7 heteroatoms. The maximum Gasteiger partial charge on any atom is 0.119 e. The van der Waals surface area contributed by atoms with Gasteiger partial charge in [-0.2, -0.15) is 0 Å². The van der Waals surface area contributed by atoms with Gasteiger partial charge in [0.25, 0.3) is 0 Å². The van der Waals surface area contributed by atoms with Crippen LogP contribution >= 0.6 is 11.6 Å². The highest BCUT2D eigenvalue weighted by Gasteiger charge is 2.43. The van der Waals surface area contributed by atoms with Crippen LogP contribution in [0.15, 0.2) is 42.5 Å². The molecule has 2 aromatic rings. The van der Waals surface area contributed by atoms with Gasteiger partial charge in [-0.1, -0.05) is 35.9 Å². The predicted octanol–water partition coefficient (Wildman–Crippen LogP) is 1.84. The number of halogens is 1. The lowest BCUT2D eigenvalue weighted by Gasteiger charge is -2.40. The summed E-state index contributed by atoms with van der Waals surface area (Å²) in [7, 11) is 0. The Morgan fingerprint density at radius 2 is 1.71 bits per heavy atom. The van der Waals surface area contributed by atoms with E-state index in [2.05, 4.69) is 0 Å². The van der Waals surface area contributed by atoms with E-state index in [-0.39, 0.29) is 0 Å². The molecule has 152 valence electrons. The molecule has 3 rings (SSSR count). The zero-order chi connectivity index (χ0) is 20.3. The van der Waals surface area contributed by atoms with Crippen LogP contribution in [-0.2, 0) is 11.2 Å². The molecule has 0 spiro atoms. The van der Waals surface area contributed by atoms with Crippen molar-refractivity contribution in [2.24, 2.45) is 0 Å². The first kappa shape index (κ1) is 21.0. The summed E-state index contributed by atoms with van der Waals surface area (Å²) in [5.74, 6) is 0.799.